The Balaban J connectivity index is 2.27. The number of benzene rings is 1. The van der Waals surface area contributed by atoms with Gasteiger partial charge >= 0.3 is 0 Å². The van der Waals surface area contributed by atoms with Crippen molar-refractivity contribution < 1.29 is 28.2 Å². The molecule has 2 rings (SSSR count). The van der Waals surface area contributed by atoms with Crippen LogP contribution in [-0.4, -0.2) is 32.6 Å². The van der Waals surface area contributed by atoms with E-state index in [4.69, 9.17) is 24.4 Å². The van der Waals surface area contributed by atoms with Gasteiger partial charge in [-0.2, -0.15) is 0 Å². The molecular weight excluding hydrogens is 352 g/mol. The van der Waals surface area contributed by atoms with Gasteiger partial charge in [0.25, 0.3) is 11.8 Å². The summed E-state index contributed by atoms with van der Waals surface area (Å²) >= 11 is 0. The minimum atomic E-state index is -0.638. The molecule has 2 amide bonds. The molecule has 8 nitrogen and oxygen atoms in total. The SMILES string of the molecule is COc1cc(C(=O)NC(C)c2cc(C)oc2C)cc(OC)c1OCC(N)=O. The molecular formula is C19H24N2O6. The molecule has 146 valence electrons. The van der Waals surface area contributed by atoms with Gasteiger partial charge in [0.1, 0.15) is 11.5 Å². The number of carbonyl (C=O) groups excluding carboxylic acids is 2. The molecule has 0 saturated carbocycles. The monoisotopic (exact) mass is 376 g/mol. The third-order valence-corrected chi connectivity index (χ3v) is 3.98. The van der Waals surface area contributed by atoms with Crippen molar-refractivity contribution in [2.24, 2.45) is 5.73 Å². The Kier molecular flexibility index (Phi) is 6.33. The van der Waals surface area contributed by atoms with Crippen LogP contribution in [0.2, 0.25) is 0 Å². The first-order valence-corrected chi connectivity index (χ1v) is 8.31. The van der Waals surface area contributed by atoms with Crippen LogP contribution in [0.1, 0.15) is 40.4 Å². The van der Waals surface area contributed by atoms with E-state index in [-0.39, 0.29) is 35.8 Å². The molecule has 1 aromatic carbocycles. The summed E-state index contributed by atoms with van der Waals surface area (Å²) < 4.78 is 21.4. The van der Waals surface area contributed by atoms with Gasteiger partial charge in [-0.3, -0.25) is 9.59 Å². The predicted molar refractivity (Wildman–Crippen MR) is 98.3 cm³/mol. The van der Waals surface area contributed by atoms with Crippen molar-refractivity contribution >= 4 is 11.8 Å². The lowest BCUT2D eigenvalue weighted by Gasteiger charge is -2.17. The Hall–Kier alpha value is -3.16. The third kappa shape index (κ3) is 4.72. The van der Waals surface area contributed by atoms with E-state index in [9.17, 15) is 9.59 Å². The molecule has 1 aromatic heterocycles. The van der Waals surface area contributed by atoms with Gasteiger partial charge in [0, 0.05) is 11.1 Å². The topological polar surface area (TPSA) is 113 Å². The van der Waals surface area contributed by atoms with Gasteiger partial charge in [0.05, 0.1) is 20.3 Å². The average molecular weight is 376 g/mol. The van der Waals surface area contributed by atoms with Crippen LogP contribution >= 0.6 is 0 Å². The highest BCUT2D eigenvalue weighted by Crippen LogP contribution is 2.38. The normalized spacial score (nSPS) is 11.6. The Labute approximate surface area is 157 Å². The van der Waals surface area contributed by atoms with E-state index in [0.717, 1.165) is 17.1 Å². The minimum Gasteiger partial charge on any atom is -0.493 e. The summed E-state index contributed by atoms with van der Waals surface area (Å²) in [5.41, 5.74) is 6.33. The number of methoxy groups -OCH3 is 2. The first kappa shape index (κ1) is 20.2. The van der Waals surface area contributed by atoms with E-state index in [1.165, 1.54) is 26.4 Å². The van der Waals surface area contributed by atoms with Gasteiger partial charge in [-0.1, -0.05) is 0 Å². The average Bonchev–Trinajstić information content (AvgIpc) is 2.97. The fraction of sp³-hybridized carbons (Fsp3) is 0.368. The molecule has 1 heterocycles. The van der Waals surface area contributed by atoms with Gasteiger partial charge in [0.15, 0.2) is 18.1 Å². The number of ether oxygens (including phenoxy) is 3. The number of primary amides is 1. The number of hydrogen-bond donors (Lipinski definition) is 2. The van der Waals surface area contributed by atoms with Crippen molar-refractivity contribution in [3.05, 3.63) is 40.8 Å². The molecule has 2 aromatic rings. The molecule has 27 heavy (non-hydrogen) atoms. The highest BCUT2D eigenvalue weighted by Gasteiger charge is 2.21. The Morgan fingerprint density at radius 2 is 1.74 bits per heavy atom. The van der Waals surface area contributed by atoms with Crippen LogP contribution in [0.5, 0.6) is 17.2 Å². The van der Waals surface area contributed by atoms with Crippen molar-refractivity contribution in [2.45, 2.75) is 26.8 Å². The number of hydrogen-bond acceptors (Lipinski definition) is 6. The van der Waals surface area contributed by atoms with E-state index in [1.54, 1.807) is 0 Å². The van der Waals surface area contributed by atoms with Crippen LogP contribution in [-0.2, 0) is 4.79 Å². The Morgan fingerprint density at radius 1 is 1.15 bits per heavy atom. The summed E-state index contributed by atoms with van der Waals surface area (Å²) in [5.74, 6) is 1.28. The second-order valence-electron chi connectivity index (χ2n) is 6.03. The van der Waals surface area contributed by atoms with Gasteiger partial charge < -0.3 is 29.7 Å². The molecule has 1 atom stereocenters. The summed E-state index contributed by atoms with van der Waals surface area (Å²) in [5, 5.41) is 2.91. The number of carbonyl (C=O) groups is 2. The highest BCUT2D eigenvalue weighted by molar-refractivity contribution is 5.96. The van der Waals surface area contributed by atoms with E-state index in [1.807, 2.05) is 26.8 Å². The van der Waals surface area contributed by atoms with Crippen molar-refractivity contribution in [1.29, 1.82) is 0 Å². The fourth-order valence-electron chi connectivity index (χ4n) is 2.73. The van der Waals surface area contributed by atoms with E-state index >= 15 is 0 Å². The van der Waals surface area contributed by atoms with Crippen LogP contribution in [0.25, 0.3) is 0 Å². The first-order valence-electron chi connectivity index (χ1n) is 8.31. The summed E-state index contributed by atoms with van der Waals surface area (Å²) in [6, 6.07) is 4.66. The summed E-state index contributed by atoms with van der Waals surface area (Å²) in [6.07, 6.45) is 0. The summed E-state index contributed by atoms with van der Waals surface area (Å²) in [4.78, 5) is 23.7. The lowest BCUT2D eigenvalue weighted by Crippen LogP contribution is -2.27. The molecule has 0 aliphatic carbocycles. The number of aryl methyl sites for hydroxylation is 2. The number of amides is 2. The van der Waals surface area contributed by atoms with Crippen molar-refractivity contribution in [1.82, 2.24) is 5.32 Å². The standard InChI is InChI=1S/C19H24N2O6/c1-10-6-14(12(3)27-10)11(2)21-19(23)13-7-15(24-4)18(16(8-13)25-5)26-9-17(20)22/h6-8,11H,9H2,1-5H3,(H2,20,22)(H,21,23). The predicted octanol–water partition coefficient (Wildman–Crippen LogP) is 2.27. The maximum atomic E-state index is 12.7. The summed E-state index contributed by atoms with van der Waals surface area (Å²) in [6.45, 7) is 5.23. The number of rotatable bonds is 8. The zero-order valence-electron chi connectivity index (χ0n) is 16.0. The molecule has 0 radical (unpaired) electrons. The van der Waals surface area contributed by atoms with E-state index in [2.05, 4.69) is 5.32 Å². The smallest absolute Gasteiger partial charge is 0.255 e. The number of furan rings is 1. The molecule has 0 spiro atoms. The Morgan fingerprint density at radius 3 is 2.19 bits per heavy atom. The minimum absolute atomic E-state index is 0.199. The van der Waals surface area contributed by atoms with Crippen molar-refractivity contribution in [3.63, 3.8) is 0 Å². The zero-order chi connectivity index (χ0) is 20.1. The van der Waals surface area contributed by atoms with Gasteiger partial charge in [-0.25, -0.2) is 0 Å². The lowest BCUT2D eigenvalue weighted by atomic mass is 10.1. The second-order valence-corrected chi connectivity index (χ2v) is 6.03. The zero-order valence-corrected chi connectivity index (χ0v) is 16.0. The molecule has 0 aliphatic heterocycles. The second kappa shape index (κ2) is 8.48. The molecule has 3 N–H and O–H groups in total. The van der Waals surface area contributed by atoms with Gasteiger partial charge in [0.2, 0.25) is 5.75 Å². The first-order chi connectivity index (χ1) is 12.8. The maximum Gasteiger partial charge on any atom is 0.255 e. The van der Waals surface area contributed by atoms with Crippen LogP contribution in [0.15, 0.2) is 22.6 Å². The Bertz CT molecular complexity index is 818. The van der Waals surface area contributed by atoms with Crippen molar-refractivity contribution in [3.8, 4) is 17.2 Å². The molecule has 0 fully saturated rings. The molecule has 0 bridgehead atoms. The third-order valence-electron chi connectivity index (χ3n) is 3.98. The summed E-state index contributed by atoms with van der Waals surface area (Å²) in [7, 11) is 2.85. The highest BCUT2D eigenvalue weighted by atomic mass is 16.5. The van der Waals surface area contributed by atoms with Crippen LogP contribution in [0.4, 0.5) is 0 Å². The molecule has 1 unspecified atom stereocenters. The van der Waals surface area contributed by atoms with Crippen LogP contribution in [0, 0.1) is 13.8 Å². The molecule has 0 aliphatic rings. The molecule has 8 heteroatoms. The van der Waals surface area contributed by atoms with Crippen molar-refractivity contribution in [2.75, 3.05) is 20.8 Å². The number of nitrogens with one attached hydrogen (secondary N) is 1. The van der Waals surface area contributed by atoms with E-state index in [0.29, 0.717) is 5.56 Å². The van der Waals surface area contributed by atoms with Crippen LogP contribution < -0.4 is 25.3 Å². The van der Waals surface area contributed by atoms with Gasteiger partial charge in [-0.05, 0) is 39.0 Å². The number of nitrogens with two attached hydrogens (primary N) is 1. The largest absolute Gasteiger partial charge is 0.493 e. The quantitative estimate of drug-likeness (QED) is 0.731. The van der Waals surface area contributed by atoms with E-state index < -0.39 is 5.91 Å². The van der Waals surface area contributed by atoms with Crippen LogP contribution in [0.3, 0.4) is 0 Å². The molecule has 0 saturated heterocycles. The van der Waals surface area contributed by atoms with Gasteiger partial charge in [-0.15, -0.1) is 0 Å². The fourth-order valence-corrected chi connectivity index (χ4v) is 2.73. The lowest BCUT2D eigenvalue weighted by molar-refractivity contribution is -0.120. The maximum absolute atomic E-state index is 12.7.